The molecular formula is C12H20N4OS. The molecule has 5 nitrogen and oxygen atoms in total. The number of aliphatic hydroxyl groups is 1. The molecule has 1 aromatic heterocycles. The van der Waals surface area contributed by atoms with E-state index in [1.807, 2.05) is 19.4 Å². The molecule has 0 unspecified atom stereocenters. The number of aliphatic hydroxyl groups excluding tert-OH is 1. The average molecular weight is 268 g/mol. The number of piperidine rings is 1. The zero-order valence-corrected chi connectivity index (χ0v) is 11.7. The van der Waals surface area contributed by atoms with Crippen LogP contribution in [0.25, 0.3) is 0 Å². The van der Waals surface area contributed by atoms with Crippen molar-refractivity contribution in [2.45, 2.75) is 18.0 Å². The molecule has 100 valence electrons. The van der Waals surface area contributed by atoms with E-state index in [0.717, 1.165) is 42.7 Å². The van der Waals surface area contributed by atoms with Crippen LogP contribution in [-0.2, 0) is 0 Å². The highest BCUT2D eigenvalue weighted by Gasteiger charge is 2.20. The van der Waals surface area contributed by atoms with Gasteiger partial charge in [0.05, 0.1) is 0 Å². The molecule has 6 heteroatoms. The fraction of sp³-hybridized carbons (Fsp3) is 0.667. The molecule has 2 rings (SSSR count). The largest absolute Gasteiger partial charge is 0.396 e. The normalized spacial score (nSPS) is 16.9. The molecule has 0 spiro atoms. The lowest BCUT2D eigenvalue weighted by Crippen LogP contribution is -2.35. The summed E-state index contributed by atoms with van der Waals surface area (Å²) < 4.78 is 0. The van der Waals surface area contributed by atoms with Crippen LogP contribution >= 0.6 is 11.8 Å². The smallest absolute Gasteiger partial charge is 0.191 e. The van der Waals surface area contributed by atoms with Gasteiger partial charge in [-0.1, -0.05) is 11.8 Å². The van der Waals surface area contributed by atoms with E-state index in [4.69, 9.17) is 5.11 Å². The van der Waals surface area contributed by atoms with E-state index in [0.29, 0.717) is 12.5 Å². The Labute approximate surface area is 112 Å². The average Bonchev–Trinajstić information content (AvgIpc) is 2.46. The summed E-state index contributed by atoms with van der Waals surface area (Å²) in [7, 11) is 1.87. The van der Waals surface area contributed by atoms with E-state index in [2.05, 4.69) is 20.2 Å². The van der Waals surface area contributed by atoms with Crippen molar-refractivity contribution in [3.63, 3.8) is 0 Å². The fourth-order valence-corrected chi connectivity index (χ4v) is 2.51. The molecule has 1 aliphatic heterocycles. The highest BCUT2D eigenvalue weighted by atomic mass is 32.2. The first-order valence-electron chi connectivity index (χ1n) is 6.23. The van der Waals surface area contributed by atoms with Gasteiger partial charge in [0.1, 0.15) is 11.6 Å². The number of thioether (sulfide) groups is 1. The number of nitrogens with zero attached hydrogens (tertiary/aromatic N) is 3. The standard InChI is InChI=1S/C12H20N4OS/c1-13-10-7-11(15-12(14-10)18-2)16-5-3-9(8-17)4-6-16/h7,9,17H,3-6,8H2,1-2H3,(H,13,14,15). The molecule has 0 radical (unpaired) electrons. The summed E-state index contributed by atoms with van der Waals surface area (Å²) in [6.07, 6.45) is 4.05. The summed E-state index contributed by atoms with van der Waals surface area (Å²) in [5.41, 5.74) is 0. The minimum Gasteiger partial charge on any atom is -0.396 e. The molecule has 0 atom stereocenters. The monoisotopic (exact) mass is 268 g/mol. The quantitative estimate of drug-likeness (QED) is 0.636. The zero-order chi connectivity index (χ0) is 13.0. The lowest BCUT2D eigenvalue weighted by molar-refractivity contribution is 0.202. The molecule has 2 N–H and O–H groups in total. The van der Waals surface area contributed by atoms with Crippen LogP contribution in [0.4, 0.5) is 11.6 Å². The van der Waals surface area contributed by atoms with E-state index >= 15 is 0 Å². The molecule has 2 heterocycles. The van der Waals surface area contributed by atoms with Gasteiger partial charge in [0.15, 0.2) is 5.16 Å². The molecule has 1 saturated heterocycles. The summed E-state index contributed by atoms with van der Waals surface area (Å²) in [5.74, 6) is 2.29. The maximum atomic E-state index is 9.15. The molecule has 0 aliphatic carbocycles. The highest BCUT2D eigenvalue weighted by molar-refractivity contribution is 7.98. The molecule has 1 fully saturated rings. The summed E-state index contributed by atoms with van der Waals surface area (Å²) in [6, 6.07) is 1.99. The Bertz CT molecular complexity index is 371. The second-order valence-corrected chi connectivity index (χ2v) is 5.23. The van der Waals surface area contributed by atoms with Gasteiger partial charge in [-0.3, -0.25) is 0 Å². The molecule has 18 heavy (non-hydrogen) atoms. The number of rotatable bonds is 4. The van der Waals surface area contributed by atoms with E-state index in [-0.39, 0.29) is 0 Å². The van der Waals surface area contributed by atoms with Crippen molar-refractivity contribution >= 4 is 23.4 Å². The van der Waals surface area contributed by atoms with Crippen LogP contribution in [0.3, 0.4) is 0 Å². The van der Waals surface area contributed by atoms with Crippen LogP contribution in [0.15, 0.2) is 11.2 Å². The van der Waals surface area contributed by atoms with Crippen LogP contribution in [0.5, 0.6) is 0 Å². The first-order valence-corrected chi connectivity index (χ1v) is 7.46. The van der Waals surface area contributed by atoms with Gasteiger partial charge in [-0.2, -0.15) is 0 Å². The van der Waals surface area contributed by atoms with Crippen LogP contribution in [0.1, 0.15) is 12.8 Å². The van der Waals surface area contributed by atoms with Crippen molar-refractivity contribution < 1.29 is 5.11 Å². The van der Waals surface area contributed by atoms with Crippen LogP contribution < -0.4 is 10.2 Å². The van der Waals surface area contributed by atoms with Gasteiger partial charge in [0.2, 0.25) is 0 Å². The van der Waals surface area contributed by atoms with Crippen molar-refractivity contribution in [2.75, 3.05) is 43.2 Å². The Morgan fingerprint density at radius 3 is 2.72 bits per heavy atom. The predicted octanol–water partition coefficient (Wildman–Crippen LogP) is 1.45. The molecular weight excluding hydrogens is 248 g/mol. The van der Waals surface area contributed by atoms with Crippen molar-refractivity contribution in [2.24, 2.45) is 5.92 Å². The van der Waals surface area contributed by atoms with E-state index in [1.165, 1.54) is 0 Å². The maximum Gasteiger partial charge on any atom is 0.191 e. The van der Waals surface area contributed by atoms with Gasteiger partial charge in [0.25, 0.3) is 0 Å². The molecule has 1 aromatic rings. The van der Waals surface area contributed by atoms with E-state index < -0.39 is 0 Å². The lowest BCUT2D eigenvalue weighted by atomic mass is 9.98. The van der Waals surface area contributed by atoms with Crippen molar-refractivity contribution in [1.82, 2.24) is 9.97 Å². The molecule has 0 amide bonds. The molecule has 1 aliphatic rings. The number of anilines is 2. The fourth-order valence-electron chi connectivity index (χ4n) is 2.14. The van der Waals surface area contributed by atoms with Crippen molar-refractivity contribution in [3.8, 4) is 0 Å². The minimum absolute atomic E-state index is 0.301. The lowest BCUT2D eigenvalue weighted by Gasteiger charge is -2.32. The highest BCUT2D eigenvalue weighted by Crippen LogP contribution is 2.24. The van der Waals surface area contributed by atoms with Gasteiger partial charge in [-0.25, -0.2) is 9.97 Å². The third kappa shape index (κ3) is 3.05. The minimum atomic E-state index is 0.301. The number of hydrogen-bond donors (Lipinski definition) is 2. The Morgan fingerprint density at radius 2 is 2.17 bits per heavy atom. The third-order valence-corrected chi connectivity index (χ3v) is 3.88. The first kappa shape index (κ1) is 13.4. The van der Waals surface area contributed by atoms with Gasteiger partial charge in [-0.15, -0.1) is 0 Å². The van der Waals surface area contributed by atoms with Gasteiger partial charge in [0, 0.05) is 32.8 Å². The summed E-state index contributed by atoms with van der Waals surface area (Å²) >= 11 is 1.55. The Morgan fingerprint density at radius 1 is 1.44 bits per heavy atom. The Balaban J connectivity index is 2.13. The summed E-state index contributed by atoms with van der Waals surface area (Å²) in [6.45, 7) is 2.22. The molecule has 0 aromatic carbocycles. The third-order valence-electron chi connectivity index (χ3n) is 3.33. The number of hydrogen-bond acceptors (Lipinski definition) is 6. The van der Waals surface area contributed by atoms with Crippen molar-refractivity contribution in [1.29, 1.82) is 0 Å². The van der Waals surface area contributed by atoms with Gasteiger partial charge in [-0.05, 0) is 25.0 Å². The van der Waals surface area contributed by atoms with Crippen LogP contribution in [-0.4, -0.2) is 48.1 Å². The predicted molar refractivity (Wildman–Crippen MR) is 75.4 cm³/mol. The van der Waals surface area contributed by atoms with E-state index in [1.54, 1.807) is 11.8 Å². The van der Waals surface area contributed by atoms with Gasteiger partial charge >= 0.3 is 0 Å². The second kappa shape index (κ2) is 6.24. The number of aromatic nitrogens is 2. The first-order chi connectivity index (χ1) is 8.76. The Hall–Kier alpha value is -1.01. The van der Waals surface area contributed by atoms with Gasteiger partial charge < -0.3 is 15.3 Å². The summed E-state index contributed by atoms with van der Waals surface area (Å²) in [4.78, 5) is 11.2. The van der Waals surface area contributed by atoms with Crippen LogP contribution in [0.2, 0.25) is 0 Å². The van der Waals surface area contributed by atoms with Crippen LogP contribution in [0, 0.1) is 5.92 Å². The zero-order valence-electron chi connectivity index (χ0n) is 10.9. The molecule has 0 saturated carbocycles. The van der Waals surface area contributed by atoms with Crippen molar-refractivity contribution in [3.05, 3.63) is 6.07 Å². The Kier molecular flexibility index (Phi) is 4.66. The van der Waals surface area contributed by atoms with E-state index in [9.17, 15) is 0 Å². The topological polar surface area (TPSA) is 61.3 Å². The summed E-state index contributed by atoms with van der Waals surface area (Å²) in [5, 5.41) is 13.0. The maximum absolute atomic E-state index is 9.15. The SMILES string of the molecule is CNc1cc(N2CCC(CO)CC2)nc(SC)n1. The molecule has 0 bridgehead atoms. The number of nitrogens with one attached hydrogen (secondary N) is 1. The second-order valence-electron chi connectivity index (χ2n) is 4.46.